The van der Waals surface area contributed by atoms with Crippen LogP contribution in [0, 0.1) is 6.92 Å². The summed E-state index contributed by atoms with van der Waals surface area (Å²) in [4.78, 5) is 0. The van der Waals surface area contributed by atoms with Crippen molar-refractivity contribution in [3.63, 3.8) is 0 Å². The van der Waals surface area contributed by atoms with Crippen molar-refractivity contribution in [3.05, 3.63) is 23.7 Å². The summed E-state index contributed by atoms with van der Waals surface area (Å²) in [6.07, 6.45) is 2.94. The summed E-state index contributed by atoms with van der Waals surface area (Å²) in [6.45, 7) is 3.99. The Morgan fingerprint density at radius 1 is 1.64 bits per heavy atom. The van der Waals surface area contributed by atoms with E-state index in [0.29, 0.717) is 5.76 Å². The highest BCUT2D eigenvalue weighted by Gasteiger charge is 2.11. The first-order chi connectivity index (χ1) is 5.25. The van der Waals surface area contributed by atoms with Crippen LogP contribution < -0.4 is 0 Å². The number of aryl methyl sites for hydroxylation is 1. The molecule has 0 unspecified atom stereocenters. The van der Waals surface area contributed by atoms with E-state index in [-0.39, 0.29) is 0 Å². The van der Waals surface area contributed by atoms with Gasteiger partial charge in [-0.25, -0.2) is 0 Å². The van der Waals surface area contributed by atoms with Crippen molar-refractivity contribution < 1.29 is 9.52 Å². The van der Waals surface area contributed by atoms with Crippen LogP contribution in [-0.2, 0) is 0 Å². The molecule has 1 aromatic rings. The van der Waals surface area contributed by atoms with Gasteiger partial charge in [0.2, 0.25) is 0 Å². The topological polar surface area (TPSA) is 33.4 Å². The molecule has 0 bridgehead atoms. The van der Waals surface area contributed by atoms with Crippen molar-refractivity contribution in [1.82, 2.24) is 0 Å². The van der Waals surface area contributed by atoms with Crippen molar-refractivity contribution in [2.45, 2.75) is 32.8 Å². The average Bonchev–Trinajstić information content (AvgIpc) is 2.36. The Labute approximate surface area is 66.8 Å². The van der Waals surface area contributed by atoms with E-state index in [1.807, 2.05) is 19.9 Å². The average molecular weight is 154 g/mol. The number of hydrogen-bond acceptors (Lipinski definition) is 2. The smallest absolute Gasteiger partial charge is 0.135 e. The molecule has 11 heavy (non-hydrogen) atoms. The molecule has 0 aliphatic carbocycles. The number of furan rings is 1. The van der Waals surface area contributed by atoms with Gasteiger partial charge in [-0.1, -0.05) is 13.3 Å². The molecule has 1 atom stereocenters. The van der Waals surface area contributed by atoms with E-state index < -0.39 is 6.10 Å². The molecule has 1 heterocycles. The number of rotatable bonds is 3. The summed E-state index contributed by atoms with van der Waals surface area (Å²) in [5.41, 5.74) is 1.03. The zero-order valence-electron chi connectivity index (χ0n) is 7.00. The van der Waals surface area contributed by atoms with Crippen molar-refractivity contribution in [1.29, 1.82) is 0 Å². The lowest BCUT2D eigenvalue weighted by Crippen LogP contribution is -1.95. The Morgan fingerprint density at radius 3 is 2.82 bits per heavy atom. The minimum absolute atomic E-state index is 0.421. The maximum Gasteiger partial charge on any atom is 0.135 e. The van der Waals surface area contributed by atoms with Gasteiger partial charge >= 0.3 is 0 Å². The quantitative estimate of drug-likeness (QED) is 0.725. The van der Waals surface area contributed by atoms with Gasteiger partial charge in [-0.15, -0.1) is 0 Å². The van der Waals surface area contributed by atoms with Gasteiger partial charge in [-0.05, 0) is 25.0 Å². The molecule has 0 spiro atoms. The lowest BCUT2D eigenvalue weighted by Gasteiger charge is -2.05. The number of aliphatic hydroxyl groups is 1. The van der Waals surface area contributed by atoms with E-state index >= 15 is 0 Å². The van der Waals surface area contributed by atoms with E-state index in [1.165, 1.54) is 0 Å². The highest BCUT2D eigenvalue weighted by Crippen LogP contribution is 2.21. The molecule has 0 aliphatic heterocycles. The predicted octanol–water partition coefficient (Wildman–Crippen LogP) is 2.42. The van der Waals surface area contributed by atoms with Gasteiger partial charge in [-0.3, -0.25) is 0 Å². The van der Waals surface area contributed by atoms with Crippen LogP contribution in [-0.4, -0.2) is 5.11 Å². The Kier molecular flexibility index (Phi) is 2.71. The van der Waals surface area contributed by atoms with Gasteiger partial charge in [0.15, 0.2) is 0 Å². The van der Waals surface area contributed by atoms with Crippen LogP contribution in [0.1, 0.15) is 37.2 Å². The van der Waals surface area contributed by atoms with E-state index in [4.69, 9.17) is 4.42 Å². The van der Waals surface area contributed by atoms with Gasteiger partial charge in [-0.2, -0.15) is 0 Å². The lowest BCUT2D eigenvalue weighted by molar-refractivity contribution is 0.138. The van der Waals surface area contributed by atoms with E-state index in [2.05, 4.69) is 0 Å². The summed E-state index contributed by atoms with van der Waals surface area (Å²) in [7, 11) is 0. The number of hydrogen-bond donors (Lipinski definition) is 1. The highest BCUT2D eigenvalue weighted by molar-refractivity contribution is 5.16. The summed E-state index contributed by atoms with van der Waals surface area (Å²) in [5, 5.41) is 9.50. The normalized spacial score (nSPS) is 13.4. The summed E-state index contributed by atoms with van der Waals surface area (Å²) >= 11 is 0. The molecular formula is C9H14O2. The van der Waals surface area contributed by atoms with Gasteiger partial charge in [0.25, 0.3) is 0 Å². The van der Waals surface area contributed by atoms with E-state index in [0.717, 1.165) is 18.4 Å². The summed E-state index contributed by atoms with van der Waals surface area (Å²) < 4.78 is 5.13. The molecule has 1 rings (SSSR count). The van der Waals surface area contributed by atoms with Gasteiger partial charge in [0.05, 0.1) is 6.26 Å². The molecule has 62 valence electrons. The van der Waals surface area contributed by atoms with Crippen LogP contribution in [0.15, 0.2) is 16.7 Å². The molecule has 0 aromatic carbocycles. The second-order valence-corrected chi connectivity index (χ2v) is 2.77. The van der Waals surface area contributed by atoms with Crippen LogP contribution in [0.2, 0.25) is 0 Å². The molecule has 0 saturated heterocycles. The monoisotopic (exact) mass is 154 g/mol. The van der Waals surface area contributed by atoms with Gasteiger partial charge in [0.1, 0.15) is 11.9 Å². The van der Waals surface area contributed by atoms with Crippen molar-refractivity contribution >= 4 is 0 Å². The summed E-state index contributed by atoms with van der Waals surface area (Å²) in [6, 6.07) is 1.87. The van der Waals surface area contributed by atoms with Crippen molar-refractivity contribution in [2.75, 3.05) is 0 Å². The third kappa shape index (κ3) is 1.84. The molecule has 0 saturated carbocycles. The third-order valence-electron chi connectivity index (χ3n) is 1.77. The van der Waals surface area contributed by atoms with E-state index in [1.54, 1.807) is 6.26 Å². The fourth-order valence-electron chi connectivity index (χ4n) is 1.13. The van der Waals surface area contributed by atoms with Gasteiger partial charge < -0.3 is 9.52 Å². The zero-order valence-corrected chi connectivity index (χ0v) is 7.00. The molecule has 2 heteroatoms. The molecular weight excluding hydrogens is 140 g/mol. The van der Waals surface area contributed by atoms with Crippen LogP contribution >= 0.6 is 0 Å². The van der Waals surface area contributed by atoms with Gasteiger partial charge in [0, 0.05) is 0 Å². The van der Waals surface area contributed by atoms with Crippen LogP contribution in [0.4, 0.5) is 0 Å². The Balaban J connectivity index is 2.67. The minimum atomic E-state index is -0.421. The standard InChI is InChI=1S/C9H14O2/c1-3-4-8(10)9-7(2)5-6-11-9/h5-6,8,10H,3-4H2,1-2H3/t8-/m1/s1. The first kappa shape index (κ1) is 8.34. The molecule has 0 fully saturated rings. The maximum absolute atomic E-state index is 9.50. The van der Waals surface area contributed by atoms with E-state index in [9.17, 15) is 5.11 Å². The first-order valence-corrected chi connectivity index (χ1v) is 3.97. The largest absolute Gasteiger partial charge is 0.466 e. The highest BCUT2D eigenvalue weighted by atomic mass is 16.4. The van der Waals surface area contributed by atoms with Crippen LogP contribution in [0.25, 0.3) is 0 Å². The summed E-state index contributed by atoms with van der Waals surface area (Å²) in [5.74, 6) is 0.715. The zero-order chi connectivity index (χ0) is 8.27. The SMILES string of the molecule is CCC[C@@H](O)c1occc1C. The molecule has 1 N–H and O–H groups in total. The fraction of sp³-hybridized carbons (Fsp3) is 0.556. The maximum atomic E-state index is 9.50. The van der Waals surface area contributed by atoms with Crippen molar-refractivity contribution in [2.24, 2.45) is 0 Å². The predicted molar refractivity (Wildman–Crippen MR) is 43.3 cm³/mol. The third-order valence-corrected chi connectivity index (χ3v) is 1.77. The Morgan fingerprint density at radius 2 is 2.36 bits per heavy atom. The lowest BCUT2D eigenvalue weighted by atomic mass is 10.1. The van der Waals surface area contributed by atoms with Crippen LogP contribution in [0.5, 0.6) is 0 Å². The fourth-order valence-corrected chi connectivity index (χ4v) is 1.13. The van der Waals surface area contributed by atoms with Crippen LogP contribution in [0.3, 0.4) is 0 Å². The first-order valence-electron chi connectivity index (χ1n) is 3.97. The second kappa shape index (κ2) is 3.58. The van der Waals surface area contributed by atoms with Crippen molar-refractivity contribution in [3.8, 4) is 0 Å². The molecule has 0 amide bonds. The number of aliphatic hydroxyl groups excluding tert-OH is 1. The molecule has 0 aliphatic rings. The Bertz CT molecular complexity index is 215. The Hall–Kier alpha value is -0.760. The molecule has 0 radical (unpaired) electrons. The molecule has 2 nitrogen and oxygen atoms in total. The molecule has 1 aromatic heterocycles. The second-order valence-electron chi connectivity index (χ2n) is 2.77. The minimum Gasteiger partial charge on any atom is -0.466 e.